The number of aryl methyl sites for hydroxylation is 1. The van der Waals surface area contributed by atoms with Crippen LogP contribution in [0.5, 0.6) is 5.88 Å². The molecule has 0 radical (unpaired) electrons. The first-order valence-corrected chi connectivity index (χ1v) is 18.5. The molecule has 2 amide bonds. The molecule has 0 unspecified atom stereocenters. The normalized spacial score (nSPS) is 17.2. The third kappa shape index (κ3) is 6.62. The zero-order chi connectivity index (χ0) is 37.0. The molecule has 3 saturated heterocycles. The number of hydrogen-bond donors (Lipinski definition) is 0. The first kappa shape index (κ1) is 35.4. The van der Waals surface area contributed by atoms with Gasteiger partial charge >= 0.3 is 0 Å². The van der Waals surface area contributed by atoms with E-state index in [1.807, 2.05) is 57.8 Å². The number of ether oxygens (including phenoxy) is 1. The van der Waals surface area contributed by atoms with Gasteiger partial charge in [0.15, 0.2) is 5.65 Å². The van der Waals surface area contributed by atoms with Gasteiger partial charge in [-0.15, -0.1) is 0 Å². The third-order valence-electron chi connectivity index (χ3n) is 10.8. The Morgan fingerprint density at radius 3 is 1.94 bits per heavy atom. The monoisotopic (exact) mass is 753 g/mol. The molecule has 2 aromatic carbocycles. The molecule has 0 atom stereocenters. The van der Waals surface area contributed by atoms with Crippen molar-refractivity contribution in [1.82, 2.24) is 44.1 Å². The number of nitrogens with zero attached hydrogens (tertiary/aromatic N) is 9. The molecule has 12 nitrogen and oxygen atoms in total. The van der Waals surface area contributed by atoms with Gasteiger partial charge in [-0.2, -0.15) is 0 Å². The molecular formula is C39H41Cl2N9O3. The van der Waals surface area contributed by atoms with Crippen molar-refractivity contribution in [3.05, 3.63) is 76.3 Å². The maximum absolute atomic E-state index is 11.7. The molecule has 0 bridgehead atoms. The average Bonchev–Trinajstić information content (AvgIpc) is 3.43. The number of methoxy groups -OCH3 is 1. The summed E-state index contributed by atoms with van der Waals surface area (Å²) in [4.78, 5) is 51.3. The third-order valence-corrected chi connectivity index (χ3v) is 11.6. The fourth-order valence-corrected chi connectivity index (χ4v) is 8.65. The van der Waals surface area contributed by atoms with E-state index in [1.54, 1.807) is 33.4 Å². The molecule has 0 saturated carbocycles. The van der Waals surface area contributed by atoms with Gasteiger partial charge in [0.1, 0.15) is 11.2 Å². The molecule has 274 valence electrons. The molecule has 5 aromatic rings. The minimum Gasteiger partial charge on any atom is -0.480 e. The van der Waals surface area contributed by atoms with Crippen molar-refractivity contribution in [1.29, 1.82) is 0 Å². The van der Waals surface area contributed by atoms with Crippen molar-refractivity contribution in [2.45, 2.75) is 26.9 Å². The van der Waals surface area contributed by atoms with Gasteiger partial charge in [-0.05, 0) is 0 Å². The van der Waals surface area contributed by atoms with Crippen LogP contribution in [-0.4, -0.2) is 115 Å². The molecule has 0 aliphatic carbocycles. The smallest absolute Gasteiger partial charge is 0.237 e. The SMILES string of the molecule is COc1nc(-c2cccc(-c3cccc(-c4cnc5c(CN6CC7(C6)CN(C(C)=O)C7)cn(C)c5n4)c3Cl)c2Cl)cnc1CN1CCN(C(C)=O)CC1. The number of amides is 2. The van der Waals surface area contributed by atoms with E-state index in [-0.39, 0.29) is 17.2 Å². The van der Waals surface area contributed by atoms with E-state index in [9.17, 15) is 9.59 Å². The number of likely N-dealkylation sites (tertiary alicyclic amines) is 2. The Kier molecular flexibility index (Phi) is 9.34. The highest BCUT2D eigenvalue weighted by molar-refractivity contribution is 6.39. The Bertz CT molecular complexity index is 2240. The van der Waals surface area contributed by atoms with Crippen molar-refractivity contribution >= 4 is 46.2 Å². The van der Waals surface area contributed by atoms with Gasteiger partial charge in [0.05, 0.1) is 40.9 Å². The van der Waals surface area contributed by atoms with Crippen LogP contribution >= 0.6 is 23.2 Å². The highest BCUT2D eigenvalue weighted by Crippen LogP contribution is 2.43. The van der Waals surface area contributed by atoms with Gasteiger partial charge in [-0.25, -0.2) is 9.97 Å². The topological polar surface area (TPSA) is 113 Å². The van der Waals surface area contributed by atoms with Crippen LogP contribution in [0, 0.1) is 5.41 Å². The highest BCUT2D eigenvalue weighted by Gasteiger charge is 2.52. The average molecular weight is 755 g/mol. The van der Waals surface area contributed by atoms with E-state index >= 15 is 0 Å². The lowest BCUT2D eigenvalue weighted by molar-refractivity contribution is -0.157. The van der Waals surface area contributed by atoms with Crippen LogP contribution in [0.3, 0.4) is 0 Å². The maximum Gasteiger partial charge on any atom is 0.237 e. The van der Waals surface area contributed by atoms with Crippen LogP contribution in [-0.2, 0) is 29.7 Å². The fraction of sp³-hybridized carbons (Fsp3) is 0.385. The van der Waals surface area contributed by atoms with Crippen molar-refractivity contribution in [2.24, 2.45) is 12.5 Å². The Balaban J connectivity index is 1.02. The van der Waals surface area contributed by atoms with E-state index in [1.165, 1.54) is 0 Å². The lowest BCUT2D eigenvalue weighted by atomic mass is 9.72. The summed E-state index contributed by atoms with van der Waals surface area (Å²) in [5.41, 5.74) is 7.99. The maximum atomic E-state index is 11.7. The molecule has 3 aliphatic heterocycles. The predicted octanol–water partition coefficient (Wildman–Crippen LogP) is 5.40. The number of aromatic nitrogens is 5. The van der Waals surface area contributed by atoms with E-state index < -0.39 is 0 Å². The number of benzene rings is 2. The highest BCUT2D eigenvalue weighted by atomic mass is 35.5. The minimum absolute atomic E-state index is 0.0976. The number of piperazine rings is 1. The van der Waals surface area contributed by atoms with Crippen LogP contribution < -0.4 is 4.74 Å². The lowest BCUT2D eigenvalue weighted by Gasteiger charge is -2.60. The minimum atomic E-state index is 0.0976. The van der Waals surface area contributed by atoms with Crippen molar-refractivity contribution < 1.29 is 14.3 Å². The number of carbonyl (C=O) groups excluding carboxylic acids is 2. The Morgan fingerprint density at radius 2 is 1.34 bits per heavy atom. The van der Waals surface area contributed by atoms with Crippen molar-refractivity contribution in [3.8, 4) is 39.5 Å². The van der Waals surface area contributed by atoms with Gasteiger partial charge in [0.25, 0.3) is 0 Å². The van der Waals surface area contributed by atoms with Crippen LogP contribution in [0.25, 0.3) is 44.8 Å². The molecular weight excluding hydrogens is 713 g/mol. The summed E-state index contributed by atoms with van der Waals surface area (Å²) in [7, 11) is 3.58. The second-order valence-electron chi connectivity index (χ2n) is 14.5. The molecule has 14 heteroatoms. The van der Waals surface area contributed by atoms with E-state index in [4.69, 9.17) is 47.9 Å². The zero-order valence-electron chi connectivity index (χ0n) is 30.3. The second-order valence-corrected chi connectivity index (χ2v) is 15.3. The number of rotatable bonds is 8. The second kappa shape index (κ2) is 14.0. The molecule has 3 aromatic heterocycles. The molecule has 53 heavy (non-hydrogen) atoms. The van der Waals surface area contributed by atoms with Gasteiger partial charge in [-0.1, -0.05) is 59.6 Å². The quantitative estimate of drug-likeness (QED) is 0.206. The molecule has 0 N–H and O–H groups in total. The molecule has 3 aliphatic rings. The van der Waals surface area contributed by atoms with Crippen LogP contribution in [0.15, 0.2) is 55.0 Å². The lowest BCUT2D eigenvalue weighted by Crippen LogP contribution is -2.72. The van der Waals surface area contributed by atoms with Crippen LogP contribution in [0.1, 0.15) is 25.1 Å². The zero-order valence-corrected chi connectivity index (χ0v) is 31.8. The Morgan fingerprint density at radius 1 is 0.755 bits per heavy atom. The van der Waals surface area contributed by atoms with Crippen LogP contribution in [0.4, 0.5) is 0 Å². The van der Waals surface area contributed by atoms with Gasteiger partial charge < -0.3 is 19.1 Å². The van der Waals surface area contributed by atoms with Crippen LogP contribution in [0.2, 0.25) is 10.0 Å². The van der Waals surface area contributed by atoms with E-state index in [0.717, 1.165) is 84.9 Å². The number of halogens is 2. The largest absolute Gasteiger partial charge is 0.480 e. The Hall–Kier alpha value is -4.62. The van der Waals surface area contributed by atoms with Crippen molar-refractivity contribution in [3.63, 3.8) is 0 Å². The standard InChI is InChI=1S/C39H41Cl2N9O3/c1-24(51)49-13-11-47(12-14-49)19-33-38(53-4)45-32(15-42-33)30-10-6-8-28(35(30)41)27-7-5-9-29(34(27)40)31-16-43-36-26(17-46(3)37(36)44-31)18-48-20-39(21-48)22-50(23-39)25(2)52/h5-10,15-17H,11-14,18-23H2,1-4H3. The van der Waals surface area contributed by atoms with Gasteiger partial charge in [-0.3, -0.25) is 29.4 Å². The molecule has 6 heterocycles. The summed E-state index contributed by atoms with van der Waals surface area (Å²) in [6.07, 6.45) is 5.61. The summed E-state index contributed by atoms with van der Waals surface area (Å²) < 4.78 is 7.70. The fourth-order valence-electron chi connectivity index (χ4n) is 8.00. The van der Waals surface area contributed by atoms with E-state index in [0.29, 0.717) is 52.5 Å². The number of hydrogen-bond acceptors (Lipinski definition) is 9. The van der Waals surface area contributed by atoms with Gasteiger partial charge in [0.2, 0.25) is 17.7 Å². The number of carbonyl (C=O) groups is 2. The summed E-state index contributed by atoms with van der Waals surface area (Å²) >= 11 is 14.3. The summed E-state index contributed by atoms with van der Waals surface area (Å²) in [5, 5.41) is 1.01. The summed E-state index contributed by atoms with van der Waals surface area (Å²) in [6, 6.07) is 11.6. The van der Waals surface area contributed by atoms with Gasteiger partial charge in [0, 0.05) is 126 Å². The molecule has 8 rings (SSSR count). The Labute approximate surface area is 318 Å². The first-order chi connectivity index (χ1) is 25.5. The molecule has 1 spiro atoms. The summed E-state index contributed by atoms with van der Waals surface area (Å²) in [5.74, 6) is 0.688. The first-order valence-electron chi connectivity index (χ1n) is 17.8. The summed E-state index contributed by atoms with van der Waals surface area (Å²) in [6.45, 7) is 11.2. The van der Waals surface area contributed by atoms with Crippen molar-refractivity contribution in [2.75, 3.05) is 59.5 Å². The number of fused-ring (bicyclic) bond motifs is 1. The van der Waals surface area contributed by atoms with E-state index in [2.05, 4.69) is 16.0 Å². The molecule has 3 fully saturated rings. The predicted molar refractivity (Wildman–Crippen MR) is 204 cm³/mol.